The average Bonchev–Trinajstić information content (AvgIpc) is 2.15. The van der Waals surface area contributed by atoms with Crippen LogP contribution in [-0.2, 0) is 9.84 Å². The molecular weight excluding hydrogens is 218 g/mol. The Morgan fingerprint density at radius 2 is 1.93 bits per heavy atom. The van der Waals surface area contributed by atoms with E-state index in [4.69, 9.17) is 4.74 Å². The van der Waals surface area contributed by atoms with Crippen LogP contribution in [0.25, 0.3) is 0 Å². The Labute approximate surface area is 88.8 Å². The first-order valence-corrected chi connectivity index (χ1v) is 6.04. The Balaban J connectivity index is 3.36. The smallest absolute Gasteiger partial charge is 0.252 e. The lowest BCUT2D eigenvalue weighted by Gasteiger charge is -2.12. The molecule has 0 saturated heterocycles. The summed E-state index contributed by atoms with van der Waals surface area (Å²) in [5, 5.41) is -0.231. The molecule has 1 aromatic rings. The second-order valence-electron chi connectivity index (χ2n) is 3.22. The van der Waals surface area contributed by atoms with E-state index < -0.39 is 9.84 Å². The molecule has 1 heterocycles. The predicted molar refractivity (Wildman–Crippen MR) is 56.0 cm³/mol. The van der Waals surface area contributed by atoms with Gasteiger partial charge in [0, 0.05) is 26.4 Å². The third kappa shape index (κ3) is 2.79. The minimum absolute atomic E-state index is 0.231. The average molecular weight is 231 g/mol. The van der Waals surface area contributed by atoms with Crippen LogP contribution in [0.1, 0.15) is 0 Å². The van der Waals surface area contributed by atoms with Crippen LogP contribution < -0.4 is 9.64 Å². The van der Waals surface area contributed by atoms with Crippen LogP contribution in [0.2, 0.25) is 0 Å². The van der Waals surface area contributed by atoms with Crippen molar-refractivity contribution in [1.82, 2.24) is 9.97 Å². The maximum absolute atomic E-state index is 11.3. The molecule has 0 aliphatic carbocycles. The van der Waals surface area contributed by atoms with E-state index in [1.54, 1.807) is 25.1 Å². The molecule has 0 saturated carbocycles. The van der Waals surface area contributed by atoms with Gasteiger partial charge >= 0.3 is 0 Å². The summed E-state index contributed by atoms with van der Waals surface area (Å²) in [5.41, 5.74) is 0. The van der Waals surface area contributed by atoms with Crippen LogP contribution in [0.5, 0.6) is 5.88 Å². The number of sulfone groups is 1. The molecule has 0 atom stereocenters. The number of ether oxygens (including phenoxy) is 1. The van der Waals surface area contributed by atoms with Crippen LogP contribution in [0.4, 0.5) is 5.82 Å². The van der Waals surface area contributed by atoms with Gasteiger partial charge in [-0.3, -0.25) is 0 Å². The Bertz CT molecular complexity index is 456. The minimum atomic E-state index is -3.42. The van der Waals surface area contributed by atoms with Gasteiger partial charge in [-0.05, 0) is 0 Å². The highest BCUT2D eigenvalue weighted by Crippen LogP contribution is 2.17. The van der Waals surface area contributed by atoms with Crippen molar-refractivity contribution in [3.05, 3.63) is 6.07 Å². The summed E-state index contributed by atoms with van der Waals surface area (Å²) in [4.78, 5) is 9.34. The molecule has 0 aliphatic rings. The van der Waals surface area contributed by atoms with E-state index in [9.17, 15) is 8.42 Å². The zero-order valence-electron chi connectivity index (χ0n) is 9.05. The predicted octanol–water partition coefficient (Wildman–Crippen LogP) is -0.0453. The molecule has 15 heavy (non-hydrogen) atoms. The lowest BCUT2D eigenvalue weighted by atomic mass is 10.5. The number of aromatic nitrogens is 2. The first-order chi connectivity index (χ1) is 6.84. The standard InChI is InChI=1S/C8H13N3O3S/c1-11(2)6-5-7(14-3)10-8(9-6)15(4,12)13/h5H,1-4H3. The molecule has 0 aromatic carbocycles. The van der Waals surface area contributed by atoms with E-state index in [1.807, 2.05) is 0 Å². The van der Waals surface area contributed by atoms with Crippen molar-refractivity contribution in [3.8, 4) is 5.88 Å². The molecule has 0 unspecified atom stereocenters. The fraction of sp³-hybridized carbons (Fsp3) is 0.500. The molecular formula is C8H13N3O3S. The van der Waals surface area contributed by atoms with Crippen LogP contribution in [0.3, 0.4) is 0 Å². The van der Waals surface area contributed by atoms with Crippen molar-refractivity contribution in [1.29, 1.82) is 0 Å². The Kier molecular flexibility index (Phi) is 3.13. The molecule has 84 valence electrons. The van der Waals surface area contributed by atoms with E-state index in [0.29, 0.717) is 5.82 Å². The summed E-state index contributed by atoms with van der Waals surface area (Å²) in [6.45, 7) is 0. The Hall–Kier alpha value is -1.37. The van der Waals surface area contributed by atoms with Gasteiger partial charge in [-0.2, -0.15) is 4.98 Å². The number of methoxy groups -OCH3 is 1. The highest BCUT2D eigenvalue weighted by Gasteiger charge is 2.15. The van der Waals surface area contributed by atoms with Crippen molar-refractivity contribution < 1.29 is 13.2 Å². The lowest BCUT2D eigenvalue weighted by molar-refractivity contribution is 0.391. The summed E-state index contributed by atoms with van der Waals surface area (Å²) >= 11 is 0. The van der Waals surface area contributed by atoms with Gasteiger partial charge in [-0.1, -0.05) is 0 Å². The molecule has 0 fully saturated rings. The highest BCUT2D eigenvalue weighted by molar-refractivity contribution is 7.90. The number of anilines is 1. The summed E-state index contributed by atoms with van der Waals surface area (Å²) in [7, 11) is 1.52. The fourth-order valence-electron chi connectivity index (χ4n) is 0.892. The van der Waals surface area contributed by atoms with E-state index in [-0.39, 0.29) is 11.0 Å². The van der Waals surface area contributed by atoms with Crippen LogP contribution in [0.15, 0.2) is 11.2 Å². The van der Waals surface area contributed by atoms with Gasteiger partial charge in [-0.25, -0.2) is 13.4 Å². The second kappa shape index (κ2) is 4.01. The molecule has 6 nitrogen and oxygen atoms in total. The number of nitrogens with zero attached hydrogens (tertiary/aromatic N) is 3. The van der Waals surface area contributed by atoms with Crippen LogP contribution >= 0.6 is 0 Å². The van der Waals surface area contributed by atoms with E-state index in [1.165, 1.54) is 7.11 Å². The van der Waals surface area contributed by atoms with Gasteiger partial charge in [-0.15, -0.1) is 0 Å². The normalized spacial score (nSPS) is 11.2. The number of hydrogen-bond acceptors (Lipinski definition) is 6. The van der Waals surface area contributed by atoms with Gasteiger partial charge in [0.25, 0.3) is 5.16 Å². The van der Waals surface area contributed by atoms with Crippen molar-refractivity contribution >= 4 is 15.7 Å². The molecule has 0 aliphatic heterocycles. The molecule has 0 N–H and O–H groups in total. The summed E-state index contributed by atoms with van der Waals surface area (Å²) in [6.07, 6.45) is 1.06. The Morgan fingerprint density at radius 1 is 1.33 bits per heavy atom. The SMILES string of the molecule is COc1cc(N(C)C)nc(S(C)(=O)=O)n1. The second-order valence-corrected chi connectivity index (χ2v) is 5.13. The van der Waals surface area contributed by atoms with Crippen molar-refractivity contribution in [3.63, 3.8) is 0 Å². The van der Waals surface area contributed by atoms with Crippen molar-refractivity contribution in [2.24, 2.45) is 0 Å². The summed E-state index contributed by atoms with van der Waals surface area (Å²) in [6, 6.07) is 1.56. The van der Waals surface area contributed by atoms with Gasteiger partial charge in [0.2, 0.25) is 15.7 Å². The van der Waals surface area contributed by atoms with Crippen molar-refractivity contribution in [2.75, 3.05) is 32.4 Å². The van der Waals surface area contributed by atoms with E-state index in [0.717, 1.165) is 6.26 Å². The molecule has 0 amide bonds. The Morgan fingerprint density at radius 3 is 2.33 bits per heavy atom. The summed E-state index contributed by atoms with van der Waals surface area (Å²) in [5.74, 6) is 0.719. The molecule has 1 aromatic heterocycles. The quantitative estimate of drug-likeness (QED) is 0.679. The third-order valence-electron chi connectivity index (χ3n) is 1.67. The van der Waals surface area contributed by atoms with Gasteiger partial charge < -0.3 is 9.64 Å². The third-order valence-corrected chi connectivity index (χ3v) is 2.51. The topological polar surface area (TPSA) is 72.4 Å². The van der Waals surface area contributed by atoms with Gasteiger partial charge in [0.05, 0.1) is 7.11 Å². The zero-order valence-corrected chi connectivity index (χ0v) is 9.87. The molecule has 1 rings (SSSR count). The first kappa shape index (κ1) is 11.7. The van der Waals surface area contributed by atoms with Crippen molar-refractivity contribution in [2.45, 2.75) is 5.16 Å². The molecule has 0 bridgehead atoms. The van der Waals surface area contributed by atoms with Gasteiger partial charge in [0.15, 0.2) is 0 Å². The number of rotatable bonds is 3. The maximum atomic E-state index is 11.3. The number of hydrogen-bond donors (Lipinski definition) is 0. The lowest BCUT2D eigenvalue weighted by Crippen LogP contribution is -2.14. The fourth-order valence-corrected chi connectivity index (χ4v) is 1.41. The van der Waals surface area contributed by atoms with Crippen LogP contribution in [-0.4, -0.2) is 45.8 Å². The minimum Gasteiger partial charge on any atom is -0.481 e. The molecule has 0 radical (unpaired) electrons. The highest BCUT2D eigenvalue weighted by atomic mass is 32.2. The summed E-state index contributed by atoms with van der Waals surface area (Å²) < 4.78 is 27.5. The largest absolute Gasteiger partial charge is 0.481 e. The van der Waals surface area contributed by atoms with E-state index >= 15 is 0 Å². The molecule has 0 spiro atoms. The van der Waals surface area contributed by atoms with E-state index in [2.05, 4.69) is 9.97 Å². The van der Waals surface area contributed by atoms with Gasteiger partial charge in [0.1, 0.15) is 5.82 Å². The maximum Gasteiger partial charge on any atom is 0.252 e. The molecule has 7 heteroatoms. The zero-order chi connectivity index (χ0) is 11.6. The first-order valence-electron chi connectivity index (χ1n) is 4.15. The monoisotopic (exact) mass is 231 g/mol. The van der Waals surface area contributed by atoms with Crippen LogP contribution in [0, 0.1) is 0 Å².